The van der Waals surface area contributed by atoms with Crippen molar-refractivity contribution in [3.05, 3.63) is 53.1 Å². The first-order valence-electron chi connectivity index (χ1n) is 11.3. The van der Waals surface area contributed by atoms with Crippen molar-refractivity contribution in [1.29, 1.82) is 0 Å². The molecule has 192 valence electrons. The molecule has 1 aromatic carbocycles. The number of nitrogens with zero attached hydrogens (tertiary/aromatic N) is 3. The standard InChI is InChI=1S/C23H32N4O7S/c1-4-5-6-20-24-13-19(27(20)14-17-7-9-18(10-8-17)23(30)31)22(29)26(15-21(28)25-32)12-11-16(2)35(3,33)34/h7-10,13,16,32H,4-6,11-12,14-15H2,1-3H3,(H,25,28)(H,30,31). The largest absolute Gasteiger partial charge is 0.478 e. The zero-order valence-electron chi connectivity index (χ0n) is 20.1. The van der Waals surface area contributed by atoms with E-state index in [1.54, 1.807) is 16.7 Å². The van der Waals surface area contributed by atoms with E-state index < -0.39 is 39.4 Å². The number of rotatable bonds is 13. The summed E-state index contributed by atoms with van der Waals surface area (Å²) in [6.07, 6.45) is 4.99. The Kier molecular flexibility index (Phi) is 9.96. The maximum absolute atomic E-state index is 13.5. The van der Waals surface area contributed by atoms with Gasteiger partial charge in [0, 0.05) is 25.8 Å². The number of carbonyl (C=O) groups excluding carboxylic acids is 2. The lowest BCUT2D eigenvalue weighted by Gasteiger charge is -2.24. The molecule has 0 bridgehead atoms. The predicted octanol–water partition coefficient (Wildman–Crippen LogP) is 1.74. The second kappa shape index (κ2) is 12.5. The van der Waals surface area contributed by atoms with Crippen molar-refractivity contribution < 1.29 is 33.1 Å². The van der Waals surface area contributed by atoms with Gasteiger partial charge in [-0.1, -0.05) is 25.5 Å². The molecule has 0 saturated heterocycles. The number of sulfone groups is 1. The van der Waals surface area contributed by atoms with Crippen LogP contribution in [0.4, 0.5) is 0 Å². The molecule has 1 atom stereocenters. The fourth-order valence-electron chi connectivity index (χ4n) is 3.41. The number of benzene rings is 1. The smallest absolute Gasteiger partial charge is 0.335 e. The Morgan fingerprint density at radius 2 is 1.86 bits per heavy atom. The second-order valence-corrected chi connectivity index (χ2v) is 10.9. The van der Waals surface area contributed by atoms with E-state index in [9.17, 15) is 22.8 Å². The van der Waals surface area contributed by atoms with Crippen molar-refractivity contribution in [1.82, 2.24) is 19.9 Å². The molecule has 0 saturated carbocycles. The van der Waals surface area contributed by atoms with Crippen molar-refractivity contribution in [3.8, 4) is 0 Å². The fourth-order valence-corrected chi connectivity index (χ4v) is 3.94. The minimum atomic E-state index is -3.33. The number of hydrogen-bond donors (Lipinski definition) is 3. The number of aromatic nitrogens is 2. The number of aryl methyl sites for hydroxylation is 1. The molecule has 0 radical (unpaired) electrons. The lowest BCUT2D eigenvalue weighted by atomic mass is 10.1. The molecule has 1 aromatic heterocycles. The Balaban J connectivity index is 2.39. The molecule has 1 unspecified atom stereocenters. The normalized spacial score (nSPS) is 12.2. The van der Waals surface area contributed by atoms with E-state index in [2.05, 4.69) is 4.98 Å². The van der Waals surface area contributed by atoms with E-state index in [1.165, 1.54) is 35.6 Å². The zero-order valence-corrected chi connectivity index (χ0v) is 20.9. The van der Waals surface area contributed by atoms with Crippen molar-refractivity contribution in [2.75, 3.05) is 19.3 Å². The number of carboxylic acid groups (broad SMARTS) is 1. The molecule has 3 N–H and O–H groups in total. The molecule has 35 heavy (non-hydrogen) atoms. The molecule has 2 rings (SSSR count). The number of carbonyl (C=O) groups is 3. The average Bonchev–Trinajstić information content (AvgIpc) is 3.21. The number of aromatic carboxylic acids is 1. The van der Waals surface area contributed by atoms with Crippen molar-refractivity contribution >= 4 is 27.6 Å². The molecule has 0 fully saturated rings. The summed E-state index contributed by atoms with van der Waals surface area (Å²) in [6.45, 7) is 3.32. The third-order valence-corrected chi connectivity index (χ3v) is 7.43. The Morgan fingerprint density at radius 3 is 2.40 bits per heavy atom. The maximum atomic E-state index is 13.5. The lowest BCUT2D eigenvalue weighted by Crippen LogP contribution is -2.42. The minimum absolute atomic E-state index is 0.0245. The molecule has 11 nitrogen and oxygen atoms in total. The van der Waals surface area contributed by atoms with Crippen molar-refractivity contribution in [2.24, 2.45) is 0 Å². The van der Waals surface area contributed by atoms with Gasteiger partial charge in [-0.05, 0) is 37.5 Å². The van der Waals surface area contributed by atoms with Gasteiger partial charge in [-0.15, -0.1) is 0 Å². The molecule has 0 aliphatic heterocycles. The van der Waals surface area contributed by atoms with Crippen LogP contribution in [0.2, 0.25) is 0 Å². The van der Waals surface area contributed by atoms with Gasteiger partial charge < -0.3 is 14.6 Å². The SMILES string of the molecule is CCCCc1ncc(C(=O)N(CCC(C)S(C)(=O)=O)CC(=O)NO)n1Cc1ccc(C(=O)O)cc1. The van der Waals surface area contributed by atoms with E-state index in [1.807, 2.05) is 6.92 Å². The second-order valence-electron chi connectivity index (χ2n) is 8.44. The van der Waals surface area contributed by atoms with Gasteiger partial charge in [-0.25, -0.2) is 23.7 Å². The van der Waals surface area contributed by atoms with Gasteiger partial charge in [0.2, 0.25) is 0 Å². The topological polar surface area (TPSA) is 159 Å². The monoisotopic (exact) mass is 508 g/mol. The number of hydroxylamine groups is 1. The highest BCUT2D eigenvalue weighted by molar-refractivity contribution is 7.91. The first kappa shape index (κ1) is 28.0. The average molecular weight is 509 g/mol. The highest BCUT2D eigenvalue weighted by Crippen LogP contribution is 2.17. The van der Waals surface area contributed by atoms with Gasteiger partial charge in [-0.2, -0.15) is 0 Å². The van der Waals surface area contributed by atoms with E-state index in [0.29, 0.717) is 12.2 Å². The van der Waals surface area contributed by atoms with Gasteiger partial charge in [0.1, 0.15) is 27.9 Å². The molecule has 12 heteroatoms. The molecule has 0 aliphatic carbocycles. The summed E-state index contributed by atoms with van der Waals surface area (Å²) >= 11 is 0. The summed E-state index contributed by atoms with van der Waals surface area (Å²) in [4.78, 5) is 42.1. The fraction of sp³-hybridized carbons (Fsp3) is 0.478. The molecule has 0 spiro atoms. The van der Waals surface area contributed by atoms with Crippen LogP contribution in [0.1, 0.15) is 65.3 Å². The number of amides is 2. The van der Waals surface area contributed by atoms with Crippen LogP contribution in [0.3, 0.4) is 0 Å². The van der Waals surface area contributed by atoms with Gasteiger partial charge in [0.15, 0.2) is 0 Å². The third-order valence-electron chi connectivity index (χ3n) is 5.74. The van der Waals surface area contributed by atoms with Crippen LogP contribution in [0.25, 0.3) is 0 Å². The Morgan fingerprint density at radius 1 is 1.20 bits per heavy atom. The van der Waals surface area contributed by atoms with Crippen LogP contribution in [-0.2, 0) is 27.6 Å². The third kappa shape index (κ3) is 7.89. The summed E-state index contributed by atoms with van der Waals surface area (Å²) in [7, 11) is -3.33. The van der Waals surface area contributed by atoms with Gasteiger partial charge in [0.05, 0.1) is 17.0 Å². The number of hydrogen-bond acceptors (Lipinski definition) is 7. The van der Waals surface area contributed by atoms with Crippen LogP contribution >= 0.6 is 0 Å². The molecule has 1 heterocycles. The minimum Gasteiger partial charge on any atom is -0.478 e. The van der Waals surface area contributed by atoms with Gasteiger partial charge in [0.25, 0.3) is 11.8 Å². The number of imidazole rings is 1. The first-order chi connectivity index (χ1) is 16.5. The van der Waals surface area contributed by atoms with Gasteiger partial charge in [-0.3, -0.25) is 14.8 Å². The van der Waals surface area contributed by atoms with Crippen LogP contribution in [0.5, 0.6) is 0 Å². The van der Waals surface area contributed by atoms with Crippen LogP contribution in [0.15, 0.2) is 30.5 Å². The summed E-state index contributed by atoms with van der Waals surface area (Å²) in [5, 5.41) is 17.4. The van der Waals surface area contributed by atoms with Gasteiger partial charge >= 0.3 is 5.97 Å². The summed E-state index contributed by atoms with van der Waals surface area (Å²) in [5.74, 6) is -1.73. The highest BCUT2D eigenvalue weighted by Gasteiger charge is 2.26. The number of nitrogens with one attached hydrogen (secondary N) is 1. The Bertz CT molecular complexity index is 1140. The Labute approximate surface area is 204 Å². The molecular formula is C23H32N4O7S. The summed E-state index contributed by atoms with van der Waals surface area (Å²) in [5.41, 5.74) is 2.60. The summed E-state index contributed by atoms with van der Waals surface area (Å²) in [6, 6.07) is 6.27. The van der Waals surface area contributed by atoms with E-state index in [0.717, 1.165) is 24.7 Å². The zero-order chi connectivity index (χ0) is 26.2. The van der Waals surface area contributed by atoms with E-state index in [-0.39, 0.29) is 30.8 Å². The lowest BCUT2D eigenvalue weighted by molar-refractivity contribution is -0.129. The molecule has 0 aliphatic rings. The van der Waals surface area contributed by atoms with Crippen molar-refractivity contribution in [2.45, 2.75) is 51.3 Å². The van der Waals surface area contributed by atoms with Crippen LogP contribution in [0, 0.1) is 0 Å². The molecular weight excluding hydrogens is 476 g/mol. The quantitative estimate of drug-likeness (QED) is 0.273. The Hall–Kier alpha value is -3.25. The number of unbranched alkanes of at least 4 members (excludes halogenated alkanes) is 1. The first-order valence-corrected chi connectivity index (χ1v) is 13.2. The van der Waals surface area contributed by atoms with Crippen molar-refractivity contribution in [3.63, 3.8) is 0 Å². The predicted molar refractivity (Wildman–Crippen MR) is 128 cm³/mol. The summed E-state index contributed by atoms with van der Waals surface area (Å²) < 4.78 is 25.4. The molecule has 2 aromatic rings. The molecule has 2 amide bonds. The van der Waals surface area contributed by atoms with Crippen LogP contribution in [-0.4, -0.2) is 75.6 Å². The number of carboxylic acids is 1. The highest BCUT2D eigenvalue weighted by atomic mass is 32.2. The van der Waals surface area contributed by atoms with Crippen LogP contribution < -0.4 is 5.48 Å². The van der Waals surface area contributed by atoms with E-state index in [4.69, 9.17) is 10.3 Å². The van der Waals surface area contributed by atoms with E-state index >= 15 is 0 Å². The maximum Gasteiger partial charge on any atom is 0.335 e.